The molecule has 5 rings (SSSR count). The number of hydrogen-bond donors (Lipinski definition) is 0. The number of esters is 1. The molecular weight excluding hydrogens is 689 g/mol. The van der Waals surface area contributed by atoms with E-state index in [1.165, 1.54) is 52.2 Å². The molecule has 0 amide bonds. The summed E-state index contributed by atoms with van der Waals surface area (Å²) < 4.78 is 92.9. The highest BCUT2D eigenvalue weighted by Gasteiger charge is 2.39. The third kappa shape index (κ3) is 7.01. The number of ether oxygens (including phenoxy) is 3. The Morgan fingerprint density at radius 1 is 1.16 bits per heavy atom. The number of rotatable bonds is 11. The van der Waals surface area contributed by atoms with Gasteiger partial charge in [-0.2, -0.15) is 22.7 Å². The molecule has 4 aromatic heterocycles. The van der Waals surface area contributed by atoms with Crippen LogP contribution in [0.2, 0.25) is 0 Å². The summed E-state index contributed by atoms with van der Waals surface area (Å²) in [5.41, 5.74) is -0.0480. The van der Waals surface area contributed by atoms with Crippen molar-refractivity contribution in [3.8, 4) is 22.3 Å². The fraction of sp³-hybridized carbons (Fsp3) is 0.259. The van der Waals surface area contributed by atoms with Crippen molar-refractivity contribution in [1.29, 1.82) is 0 Å². The number of benzene rings is 1. The van der Waals surface area contributed by atoms with Crippen LogP contribution < -0.4 is 9.47 Å². The molecular formula is C27H22B2BrF5N4O5S. The van der Waals surface area contributed by atoms with E-state index in [9.17, 15) is 22.4 Å². The van der Waals surface area contributed by atoms with Crippen LogP contribution in [0.5, 0.6) is 11.6 Å². The third-order valence-corrected chi connectivity index (χ3v) is 8.63. The summed E-state index contributed by atoms with van der Waals surface area (Å²) >= 11 is 4.56. The molecule has 45 heavy (non-hydrogen) atoms. The molecule has 0 fully saturated rings. The maximum Gasteiger partial charge on any atom is 0.408 e. The molecule has 0 spiro atoms. The van der Waals surface area contributed by atoms with Gasteiger partial charge in [-0.25, -0.2) is 19.2 Å². The molecule has 0 saturated carbocycles. The Labute approximate surface area is 266 Å². The Bertz CT molecular complexity index is 1830. The number of aromatic nitrogens is 4. The van der Waals surface area contributed by atoms with Gasteiger partial charge in [0.15, 0.2) is 21.9 Å². The van der Waals surface area contributed by atoms with Gasteiger partial charge in [0.2, 0.25) is 12.0 Å². The smallest absolute Gasteiger partial charge is 0.408 e. The molecule has 0 saturated heterocycles. The van der Waals surface area contributed by atoms with Crippen LogP contribution in [0.4, 0.5) is 22.0 Å². The van der Waals surface area contributed by atoms with E-state index in [1.54, 1.807) is 13.0 Å². The van der Waals surface area contributed by atoms with E-state index in [4.69, 9.17) is 18.6 Å². The van der Waals surface area contributed by atoms with E-state index < -0.39 is 42.4 Å². The number of carbonyl (C=O) groups excluding carboxylic acids is 1. The molecule has 0 bridgehead atoms. The minimum absolute atomic E-state index is 0.0562. The second-order valence-electron chi connectivity index (χ2n) is 10.0. The van der Waals surface area contributed by atoms with Crippen LogP contribution in [0, 0.1) is 6.01 Å². The average molecular weight is 711 g/mol. The number of fused-ring (bicyclic) bond motifs is 1. The Balaban J connectivity index is 1.50. The van der Waals surface area contributed by atoms with Crippen molar-refractivity contribution in [2.24, 2.45) is 0 Å². The van der Waals surface area contributed by atoms with Crippen LogP contribution in [0.15, 0.2) is 63.9 Å². The first-order chi connectivity index (χ1) is 21.3. The SMILES string of the molecule is BC(B)(Oc1ccccc1[C@@H](F)[C@H](Oc1ncnc2sc(-c3ccc(F)o3)c(Br)c12)C(=O)OCC)c1ccnn1CC(F)(F)F. The van der Waals surface area contributed by atoms with Crippen LogP contribution in [0.25, 0.3) is 20.9 Å². The number of alkyl halides is 4. The summed E-state index contributed by atoms with van der Waals surface area (Å²) in [6.45, 7) is 0.102. The monoisotopic (exact) mass is 710 g/mol. The van der Waals surface area contributed by atoms with E-state index in [-0.39, 0.29) is 40.6 Å². The fourth-order valence-electron chi connectivity index (χ4n) is 4.56. The highest BCUT2D eigenvalue weighted by Crippen LogP contribution is 2.45. The van der Waals surface area contributed by atoms with Gasteiger partial charge in [-0.15, -0.1) is 11.3 Å². The number of hydrogen-bond acceptors (Lipinski definition) is 9. The van der Waals surface area contributed by atoms with Crippen molar-refractivity contribution in [3.05, 3.63) is 76.7 Å². The average Bonchev–Trinajstić information content (AvgIpc) is 3.70. The summed E-state index contributed by atoms with van der Waals surface area (Å²) in [5.74, 6) is -1.08. The number of halogens is 6. The quantitative estimate of drug-likeness (QED) is 0.106. The molecule has 18 heteroatoms. The second-order valence-corrected chi connectivity index (χ2v) is 11.8. The van der Waals surface area contributed by atoms with Crippen LogP contribution in [-0.2, 0) is 21.5 Å². The minimum atomic E-state index is -4.54. The van der Waals surface area contributed by atoms with E-state index >= 15 is 4.39 Å². The topological polar surface area (TPSA) is 102 Å². The Morgan fingerprint density at radius 2 is 1.91 bits per heavy atom. The van der Waals surface area contributed by atoms with Gasteiger partial charge in [-0.3, -0.25) is 4.68 Å². The number of thiophene rings is 1. The van der Waals surface area contributed by atoms with E-state index in [0.29, 0.717) is 14.2 Å². The van der Waals surface area contributed by atoms with Crippen molar-refractivity contribution in [2.45, 2.75) is 37.3 Å². The first kappa shape index (κ1) is 32.5. The van der Waals surface area contributed by atoms with Crippen LogP contribution in [0.1, 0.15) is 24.4 Å². The Hall–Kier alpha value is -3.92. The summed E-state index contributed by atoms with van der Waals surface area (Å²) in [5, 5.41) is 2.62. The number of carbonyl (C=O) groups is 1. The highest BCUT2D eigenvalue weighted by molar-refractivity contribution is 9.10. The van der Waals surface area contributed by atoms with Crippen LogP contribution in [-0.4, -0.2) is 60.3 Å². The minimum Gasteiger partial charge on any atom is -0.499 e. The van der Waals surface area contributed by atoms with Gasteiger partial charge in [0.1, 0.15) is 29.2 Å². The van der Waals surface area contributed by atoms with Gasteiger partial charge in [0.25, 0.3) is 6.01 Å². The largest absolute Gasteiger partial charge is 0.499 e. The normalized spacial score (nSPS) is 13.5. The van der Waals surface area contributed by atoms with Crippen molar-refractivity contribution < 1.29 is 45.4 Å². The van der Waals surface area contributed by atoms with E-state index in [0.717, 1.165) is 28.4 Å². The summed E-state index contributed by atoms with van der Waals surface area (Å²) in [6, 6.07) is 8.97. The zero-order valence-corrected chi connectivity index (χ0v) is 26.2. The maximum atomic E-state index is 16.5. The van der Waals surface area contributed by atoms with Crippen molar-refractivity contribution in [2.75, 3.05) is 6.61 Å². The molecule has 5 aromatic rings. The molecule has 9 nitrogen and oxygen atoms in total. The summed E-state index contributed by atoms with van der Waals surface area (Å²) in [6.07, 6.45) is -6.27. The first-order valence-electron chi connectivity index (χ1n) is 13.3. The lowest BCUT2D eigenvalue weighted by Crippen LogP contribution is -2.39. The molecule has 2 atom stereocenters. The van der Waals surface area contributed by atoms with Crippen LogP contribution in [0.3, 0.4) is 0 Å². The zero-order valence-electron chi connectivity index (χ0n) is 23.8. The van der Waals surface area contributed by atoms with Gasteiger partial charge in [0.05, 0.1) is 32.4 Å². The summed E-state index contributed by atoms with van der Waals surface area (Å²) in [7, 11) is 3.02. The predicted octanol–water partition coefficient (Wildman–Crippen LogP) is 5.09. The third-order valence-electron chi connectivity index (χ3n) is 6.46. The fourth-order valence-corrected chi connectivity index (χ4v) is 6.48. The molecule has 234 valence electrons. The maximum absolute atomic E-state index is 16.5. The van der Waals surface area contributed by atoms with Crippen molar-refractivity contribution in [3.63, 3.8) is 0 Å². The van der Waals surface area contributed by atoms with Gasteiger partial charge in [0, 0.05) is 17.8 Å². The predicted molar refractivity (Wildman–Crippen MR) is 162 cm³/mol. The molecule has 0 aliphatic rings. The number of furan rings is 1. The first-order valence-corrected chi connectivity index (χ1v) is 14.9. The lowest BCUT2D eigenvalue weighted by Gasteiger charge is -2.30. The lowest BCUT2D eigenvalue weighted by molar-refractivity contribution is -0.155. The second kappa shape index (κ2) is 12.8. The van der Waals surface area contributed by atoms with Gasteiger partial charge >= 0.3 is 12.1 Å². The molecule has 0 aliphatic heterocycles. The standard InChI is InChI=1S/C27H22B2BrF5N4O5S/c1-2-41-25(40)21(43-23-18-19(30)22(15-7-8-17(31)42-15)45-24(18)37-12-36-23)20(32)13-5-3-4-6-14(13)44-27(28,29)16-9-10-38-39(16)11-26(33,34)35/h3-10,12,20-21H,2,11,28-29H2,1H3/t20-,21+/m1/s1. The van der Waals surface area contributed by atoms with Gasteiger partial charge in [-0.05, 0) is 41.1 Å². The Morgan fingerprint density at radius 3 is 2.60 bits per heavy atom. The summed E-state index contributed by atoms with van der Waals surface area (Å²) in [4.78, 5) is 22.3. The van der Waals surface area contributed by atoms with Gasteiger partial charge < -0.3 is 18.6 Å². The molecule has 1 aromatic carbocycles. The Kier molecular flexibility index (Phi) is 9.26. The van der Waals surface area contributed by atoms with Crippen LogP contribution >= 0.6 is 27.3 Å². The van der Waals surface area contributed by atoms with Crippen molar-refractivity contribution >= 4 is 59.1 Å². The van der Waals surface area contributed by atoms with Gasteiger partial charge in [-0.1, -0.05) is 18.2 Å². The molecule has 0 aliphatic carbocycles. The lowest BCUT2D eigenvalue weighted by atomic mass is 9.63. The number of para-hydroxylation sites is 1. The highest BCUT2D eigenvalue weighted by atomic mass is 79.9. The van der Waals surface area contributed by atoms with E-state index in [1.807, 2.05) is 0 Å². The zero-order chi connectivity index (χ0) is 32.5. The number of nitrogens with zero attached hydrogens (tertiary/aromatic N) is 4. The van der Waals surface area contributed by atoms with Crippen molar-refractivity contribution in [1.82, 2.24) is 19.7 Å². The molecule has 4 heterocycles. The molecule has 0 radical (unpaired) electrons. The molecule has 0 N–H and O–H groups in total. The van der Waals surface area contributed by atoms with E-state index in [2.05, 4.69) is 31.0 Å². The molecule has 0 unspecified atom stereocenters.